The molecule has 1 atom stereocenters. The predicted octanol–water partition coefficient (Wildman–Crippen LogP) is 1.43. The Labute approximate surface area is 131 Å². The molecular formula is C17H24N4O. The van der Waals surface area contributed by atoms with E-state index in [2.05, 4.69) is 10.2 Å². The molecule has 0 spiro atoms. The van der Waals surface area contributed by atoms with Crippen LogP contribution in [-0.4, -0.2) is 41.0 Å². The smallest absolute Gasteiger partial charge is 0.258 e. The minimum Gasteiger partial charge on any atom is -0.319 e. The van der Waals surface area contributed by atoms with Crippen molar-refractivity contribution in [2.45, 2.75) is 26.3 Å². The average molecular weight is 300 g/mol. The molecule has 22 heavy (non-hydrogen) atoms. The highest BCUT2D eigenvalue weighted by atomic mass is 16.1. The molecular weight excluding hydrogens is 276 g/mol. The highest BCUT2D eigenvalue weighted by molar-refractivity contribution is 5.46. The summed E-state index contributed by atoms with van der Waals surface area (Å²) in [5.74, 6) is 0.696. The molecule has 0 bridgehead atoms. The average Bonchev–Trinajstić information content (AvgIpc) is 2.49. The Morgan fingerprint density at radius 1 is 1.45 bits per heavy atom. The van der Waals surface area contributed by atoms with Crippen molar-refractivity contribution in [2.24, 2.45) is 5.92 Å². The number of hydrogen-bond acceptors (Lipinski definition) is 4. The number of rotatable bonds is 4. The van der Waals surface area contributed by atoms with Crippen molar-refractivity contribution in [2.75, 3.05) is 26.7 Å². The molecule has 0 radical (unpaired) electrons. The topological polar surface area (TPSA) is 49.6 Å². The van der Waals surface area contributed by atoms with Crippen LogP contribution < -0.4 is 10.9 Å². The van der Waals surface area contributed by atoms with Crippen LogP contribution in [0.4, 0.5) is 0 Å². The number of aromatic nitrogens is 2. The summed E-state index contributed by atoms with van der Waals surface area (Å²) in [4.78, 5) is 19.4. The van der Waals surface area contributed by atoms with Crippen molar-refractivity contribution >= 4 is 5.65 Å². The molecule has 2 aromatic rings. The normalized spacial score (nSPS) is 19.6. The fourth-order valence-electron chi connectivity index (χ4n) is 3.37. The van der Waals surface area contributed by atoms with Crippen LogP contribution in [0.5, 0.6) is 0 Å². The van der Waals surface area contributed by atoms with Crippen molar-refractivity contribution < 1.29 is 0 Å². The number of aryl methyl sites for hydroxylation is 1. The third-order valence-electron chi connectivity index (χ3n) is 4.42. The van der Waals surface area contributed by atoms with Gasteiger partial charge in [-0.15, -0.1) is 0 Å². The molecule has 118 valence electrons. The maximum atomic E-state index is 12.3. The first-order valence-corrected chi connectivity index (χ1v) is 8.02. The molecule has 1 aliphatic rings. The highest BCUT2D eigenvalue weighted by Gasteiger charge is 2.20. The van der Waals surface area contributed by atoms with E-state index in [9.17, 15) is 4.79 Å². The summed E-state index contributed by atoms with van der Waals surface area (Å²) in [5.41, 5.74) is 2.69. The highest BCUT2D eigenvalue weighted by Crippen LogP contribution is 2.17. The van der Waals surface area contributed by atoms with Crippen LogP contribution in [0, 0.1) is 12.8 Å². The number of hydrogen-bond donors (Lipinski definition) is 1. The number of likely N-dealkylation sites (tertiary alicyclic amines) is 1. The number of pyridine rings is 1. The number of nitrogens with one attached hydrogen (secondary N) is 1. The molecule has 3 heterocycles. The van der Waals surface area contributed by atoms with Gasteiger partial charge in [-0.2, -0.15) is 0 Å². The zero-order valence-corrected chi connectivity index (χ0v) is 13.4. The largest absolute Gasteiger partial charge is 0.319 e. The quantitative estimate of drug-likeness (QED) is 0.928. The van der Waals surface area contributed by atoms with E-state index in [-0.39, 0.29) is 5.56 Å². The first-order valence-electron chi connectivity index (χ1n) is 8.02. The van der Waals surface area contributed by atoms with Crippen LogP contribution in [0.1, 0.15) is 24.1 Å². The van der Waals surface area contributed by atoms with E-state index in [0.717, 1.165) is 43.1 Å². The summed E-state index contributed by atoms with van der Waals surface area (Å²) in [6.07, 6.45) is 4.29. The second-order valence-electron chi connectivity index (χ2n) is 6.27. The van der Waals surface area contributed by atoms with Crippen LogP contribution >= 0.6 is 0 Å². The third kappa shape index (κ3) is 3.20. The number of nitrogens with zero attached hydrogens (tertiary/aromatic N) is 3. The van der Waals surface area contributed by atoms with Gasteiger partial charge in [-0.3, -0.25) is 14.1 Å². The molecule has 1 N–H and O–H groups in total. The van der Waals surface area contributed by atoms with E-state index >= 15 is 0 Å². The van der Waals surface area contributed by atoms with Crippen molar-refractivity contribution in [3.63, 3.8) is 0 Å². The number of piperidine rings is 1. The lowest BCUT2D eigenvalue weighted by atomic mass is 9.98. The second kappa shape index (κ2) is 6.58. The molecule has 5 nitrogen and oxygen atoms in total. The monoisotopic (exact) mass is 300 g/mol. The van der Waals surface area contributed by atoms with Gasteiger partial charge in [0.1, 0.15) is 5.65 Å². The molecule has 3 rings (SSSR count). The molecule has 0 aliphatic carbocycles. The summed E-state index contributed by atoms with van der Waals surface area (Å²) < 4.78 is 1.62. The summed E-state index contributed by atoms with van der Waals surface area (Å²) in [5, 5.41) is 3.27. The zero-order chi connectivity index (χ0) is 15.5. The molecule has 1 fully saturated rings. The number of fused-ring (bicyclic) bond motifs is 1. The lowest BCUT2D eigenvalue weighted by Crippen LogP contribution is -2.39. The van der Waals surface area contributed by atoms with Gasteiger partial charge in [0.05, 0.1) is 5.69 Å². The van der Waals surface area contributed by atoms with Gasteiger partial charge < -0.3 is 5.32 Å². The van der Waals surface area contributed by atoms with Gasteiger partial charge in [-0.05, 0) is 57.5 Å². The Balaban J connectivity index is 1.82. The Morgan fingerprint density at radius 3 is 3.14 bits per heavy atom. The lowest BCUT2D eigenvalue weighted by Gasteiger charge is -2.32. The van der Waals surface area contributed by atoms with Crippen LogP contribution in [-0.2, 0) is 6.54 Å². The third-order valence-corrected chi connectivity index (χ3v) is 4.42. The minimum absolute atomic E-state index is 0.00693. The van der Waals surface area contributed by atoms with Gasteiger partial charge in [-0.25, -0.2) is 4.98 Å². The van der Waals surface area contributed by atoms with Crippen molar-refractivity contribution in [1.29, 1.82) is 0 Å². The first-order chi connectivity index (χ1) is 10.7. The summed E-state index contributed by atoms with van der Waals surface area (Å²) >= 11 is 0. The Hall–Kier alpha value is -1.72. The maximum Gasteiger partial charge on any atom is 0.258 e. The van der Waals surface area contributed by atoms with Gasteiger partial charge >= 0.3 is 0 Å². The van der Waals surface area contributed by atoms with E-state index in [1.165, 1.54) is 12.8 Å². The van der Waals surface area contributed by atoms with E-state index in [1.54, 1.807) is 16.7 Å². The molecule has 0 aromatic carbocycles. The van der Waals surface area contributed by atoms with Crippen molar-refractivity contribution in [1.82, 2.24) is 19.6 Å². The van der Waals surface area contributed by atoms with Crippen LogP contribution in [0.2, 0.25) is 0 Å². The van der Waals surface area contributed by atoms with E-state index in [0.29, 0.717) is 5.92 Å². The van der Waals surface area contributed by atoms with Gasteiger partial charge in [0, 0.05) is 25.4 Å². The van der Waals surface area contributed by atoms with Crippen LogP contribution in [0.15, 0.2) is 29.2 Å². The Kier molecular flexibility index (Phi) is 4.55. The van der Waals surface area contributed by atoms with Crippen LogP contribution in [0.25, 0.3) is 5.65 Å². The molecule has 5 heteroatoms. The van der Waals surface area contributed by atoms with Crippen molar-refractivity contribution in [3.8, 4) is 0 Å². The molecule has 0 saturated carbocycles. The Bertz CT molecular complexity index is 707. The summed E-state index contributed by atoms with van der Waals surface area (Å²) in [6, 6.07) is 5.56. The van der Waals surface area contributed by atoms with E-state index in [1.807, 2.05) is 26.1 Å². The summed E-state index contributed by atoms with van der Waals surface area (Å²) in [6.45, 7) is 5.99. The fourth-order valence-corrected chi connectivity index (χ4v) is 3.37. The fraction of sp³-hybridized carbons (Fsp3) is 0.529. The van der Waals surface area contributed by atoms with Gasteiger partial charge in [-0.1, -0.05) is 6.07 Å². The summed E-state index contributed by atoms with van der Waals surface area (Å²) in [7, 11) is 2.01. The molecule has 0 amide bonds. The van der Waals surface area contributed by atoms with Gasteiger partial charge in [0.2, 0.25) is 0 Å². The van der Waals surface area contributed by atoms with E-state index < -0.39 is 0 Å². The van der Waals surface area contributed by atoms with Crippen molar-refractivity contribution in [3.05, 3.63) is 46.0 Å². The maximum absolute atomic E-state index is 12.3. The van der Waals surface area contributed by atoms with Crippen LogP contribution in [0.3, 0.4) is 0 Å². The molecule has 2 aromatic heterocycles. The van der Waals surface area contributed by atoms with Gasteiger partial charge in [0.15, 0.2) is 0 Å². The lowest BCUT2D eigenvalue weighted by molar-refractivity contribution is 0.165. The predicted molar refractivity (Wildman–Crippen MR) is 88.1 cm³/mol. The minimum atomic E-state index is 0.00693. The zero-order valence-electron chi connectivity index (χ0n) is 13.4. The Morgan fingerprint density at radius 2 is 2.32 bits per heavy atom. The SMILES string of the molecule is CNCC1CCCN(Cc2cc(=O)n3cccc(C)c3n2)C1. The molecule has 1 aliphatic heterocycles. The first kappa shape index (κ1) is 15.2. The molecule has 1 unspecified atom stereocenters. The molecule has 1 saturated heterocycles. The van der Waals surface area contributed by atoms with E-state index in [4.69, 9.17) is 4.98 Å². The second-order valence-corrected chi connectivity index (χ2v) is 6.27. The van der Waals surface area contributed by atoms with Gasteiger partial charge in [0.25, 0.3) is 5.56 Å². The standard InChI is InChI=1S/C17H24N4O/c1-13-5-3-8-21-16(22)9-15(19-17(13)21)12-20-7-4-6-14(11-20)10-18-2/h3,5,8-9,14,18H,4,6-7,10-12H2,1-2H3.